The van der Waals surface area contributed by atoms with Gasteiger partial charge in [-0.05, 0) is 37.0 Å². The zero-order valence-electron chi connectivity index (χ0n) is 10.4. The van der Waals surface area contributed by atoms with Gasteiger partial charge in [-0.3, -0.25) is 0 Å². The summed E-state index contributed by atoms with van der Waals surface area (Å²) in [6.45, 7) is 0.881. The van der Waals surface area contributed by atoms with Gasteiger partial charge in [0.05, 0.1) is 0 Å². The molecule has 2 fully saturated rings. The summed E-state index contributed by atoms with van der Waals surface area (Å²) in [5, 5.41) is 9.39. The lowest BCUT2D eigenvalue weighted by molar-refractivity contribution is -0.388. The Labute approximate surface area is 107 Å². The first-order chi connectivity index (χ1) is 8.48. The molecule has 19 heavy (non-hydrogen) atoms. The molecular formula is C12H16F6O. The van der Waals surface area contributed by atoms with Crippen molar-refractivity contribution in [3.63, 3.8) is 0 Å². The predicted molar refractivity (Wildman–Crippen MR) is 55.2 cm³/mol. The fourth-order valence-electron chi connectivity index (χ4n) is 3.89. The van der Waals surface area contributed by atoms with Crippen LogP contribution in [0.5, 0.6) is 0 Å². The van der Waals surface area contributed by atoms with Crippen LogP contribution < -0.4 is 0 Å². The van der Waals surface area contributed by atoms with Crippen LogP contribution >= 0.6 is 0 Å². The van der Waals surface area contributed by atoms with Crippen molar-refractivity contribution < 1.29 is 31.4 Å². The van der Waals surface area contributed by atoms with Crippen molar-refractivity contribution in [3.8, 4) is 0 Å². The zero-order valence-corrected chi connectivity index (χ0v) is 10.4. The van der Waals surface area contributed by atoms with E-state index < -0.39 is 29.8 Å². The lowest BCUT2D eigenvalue weighted by Crippen LogP contribution is -2.62. The van der Waals surface area contributed by atoms with Crippen LogP contribution in [0.2, 0.25) is 0 Å². The van der Waals surface area contributed by atoms with Gasteiger partial charge >= 0.3 is 12.4 Å². The molecule has 4 atom stereocenters. The Morgan fingerprint density at radius 3 is 1.79 bits per heavy atom. The molecule has 2 aliphatic rings. The van der Waals surface area contributed by atoms with E-state index in [1.807, 2.05) is 0 Å². The standard InChI is InChI=1S/C12H16F6O/c1-6(9-5-7-2-3-8(9)4-7)10(19,11(13,14)15)12(16,17)18/h6-9,19H,2-5H2,1H3. The predicted octanol–water partition coefficient (Wildman–Crippen LogP) is 3.91. The second kappa shape index (κ2) is 4.27. The Bertz CT molecular complexity index is 333. The molecular weight excluding hydrogens is 274 g/mol. The molecule has 1 N–H and O–H groups in total. The van der Waals surface area contributed by atoms with Crippen LogP contribution in [0.15, 0.2) is 0 Å². The van der Waals surface area contributed by atoms with E-state index in [4.69, 9.17) is 0 Å². The van der Waals surface area contributed by atoms with Gasteiger partial charge in [0.1, 0.15) is 0 Å². The zero-order chi connectivity index (χ0) is 14.6. The summed E-state index contributed by atoms with van der Waals surface area (Å²) >= 11 is 0. The van der Waals surface area contributed by atoms with Crippen LogP contribution in [0.4, 0.5) is 26.3 Å². The molecule has 0 radical (unpaired) electrons. The van der Waals surface area contributed by atoms with E-state index in [1.54, 1.807) is 0 Å². The lowest BCUT2D eigenvalue weighted by atomic mass is 9.71. The van der Waals surface area contributed by atoms with E-state index in [1.165, 1.54) is 0 Å². The molecule has 2 saturated carbocycles. The van der Waals surface area contributed by atoms with E-state index in [9.17, 15) is 31.4 Å². The topological polar surface area (TPSA) is 20.2 Å². The third-order valence-corrected chi connectivity index (χ3v) is 4.96. The number of hydrogen-bond donors (Lipinski definition) is 1. The number of hydrogen-bond acceptors (Lipinski definition) is 1. The second-order valence-electron chi connectivity index (χ2n) is 5.89. The van der Waals surface area contributed by atoms with Crippen LogP contribution in [-0.2, 0) is 0 Å². The Kier molecular flexibility index (Phi) is 3.35. The SMILES string of the molecule is CC(C1CC2CCC1C2)C(O)(C(F)(F)F)C(F)(F)F. The number of aliphatic hydroxyl groups is 1. The molecule has 112 valence electrons. The molecule has 0 amide bonds. The maximum absolute atomic E-state index is 12.8. The van der Waals surface area contributed by atoms with Gasteiger partial charge in [-0.1, -0.05) is 13.3 Å². The fourth-order valence-corrected chi connectivity index (χ4v) is 3.89. The highest BCUT2D eigenvalue weighted by molar-refractivity contribution is 5.04. The van der Waals surface area contributed by atoms with E-state index >= 15 is 0 Å². The van der Waals surface area contributed by atoms with Gasteiger partial charge in [0, 0.05) is 5.92 Å². The van der Waals surface area contributed by atoms with Gasteiger partial charge in [-0.2, -0.15) is 26.3 Å². The molecule has 2 aliphatic carbocycles. The highest BCUT2D eigenvalue weighted by Gasteiger charge is 2.74. The third-order valence-electron chi connectivity index (χ3n) is 4.96. The van der Waals surface area contributed by atoms with Crippen molar-refractivity contribution in [2.45, 2.75) is 50.6 Å². The Hall–Kier alpha value is -0.460. The minimum atomic E-state index is -5.70. The summed E-state index contributed by atoms with van der Waals surface area (Å²) in [7, 11) is 0. The van der Waals surface area contributed by atoms with Crippen molar-refractivity contribution in [1.29, 1.82) is 0 Å². The van der Waals surface area contributed by atoms with Gasteiger partial charge in [0.2, 0.25) is 0 Å². The molecule has 0 heterocycles. The van der Waals surface area contributed by atoms with Gasteiger partial charge in [-0.25, -0.2) is 0 Å². The van der Waals surface area contributed by atoms with E-state index in [0.717, 1.165) is 13.3 Å². The van der Waals surface area contributed by atoms with Crippen LogP contribution in [0, 0.1) is 23.7 Å². The molecule has 0 aromatic heterocycles. The highest BCUT2D eigenvalue weighted by atomic mass is 19.4. The van der Waals surface area contributed by atoms with Gasteiger partial charge in [-0.15, -0.1) is 0 Å². The first-order valence-corrected chi connectivity index (χ1v) is 6.34. The molecule has 2 rings (SSSR count). The largest absolute Gasteiger partial charge is 0.426 e. The molecule has 0 aromatic rings. The van der Waals surface area contributed by atoms with E-state index in [-0.39, 0.29) is 11.8 Å². The molecule has 0 spiro atoms. The van der Waals surface area contributed by atoms with Crippen LogP contribution in [0.25, 0.3) is 0 Å². The van der Waals surface area contributed by atoms with Crippen molar-refractivity contribution in [2.24, 2.45) is 23.7 Å². The molecule has 2 bridgehead atoms. The van der Waals surface area contributed by atoms with E-state index in [0.29, 0.717) is 19.3 Å². The quantitative estimate of drug-likeness (QED) is 0.764. The Balaban J connectivity index is 2.29. The first kappa shape index (κ1) is 14.9. The summed E-state index contributed by atoms with van der Waals surface area (Å²) in [5.74, 6) is -2.45. The summed E-state index contributed by atoms with van der Waals surface area (Å²) in [6, 6.07) is 0. The molecule has 7 heteroatoms. The summed E-state index contributed by atoms with van der Waals surface area (Å²) in [6.07, 6.45) is -8.80. The summed E-state index contributed by atoms with van der Waals surface area (Å²) in [4.78, 5) is 0. The van der Waals surface area contributed by atoms with Crippen molar-refractivity contribution in [1.82, 2.24) is 0 Å². The molecule has 0 aliphatic heterocycles. The van der Waals surface area contributed by atoms with Crippen LogP contribution in [-0.4, -0.2) is 23.1 Å². The van der Waals surface area contributed by atoms with Gasteiger partial charge < -0.3 is 5.11 Å². The maximum atomic E-state index is 12.8. The molecule has 1 nitrogen and oxygen atoms in total. The van der Waals surface area contributed by atoms with Crippen molar-refractivity contribution >= 4 is 0 Å². The molecule has 0 saturated heterocycles. The minimum absolute atomic E-state index is 0.115. The number of alkyl halides is 6. The van der Waals surface area contributed by atoms with Gasteiger partial charge in [0.25, 0.3) is 5.60 Å². The highest BCUT2D eigenvalue weighted by Crippen LogP contribution is 2.57. The normalized spacial score (nSPS) is 33.8. The third kappa shape index (κ3) is 2.14. The minimum Gasteiger partial charge on any atom is -0.373 e. The van der Waals surface area contributed by atoms with E-state index in [2.05, 4.69) is 0 Å². The Morgan fingerprint density at radius 2 is 1.47 bits per heavy atom. The smallest absolute Gasteiger partial charge is 0.373 e. The second-order valence-corrected chi connectivity index (χ2v) is 5.89. The first-order valence-electron chi connectivity index (χ1n) is 6.34. The lowest BCUT2D eigenvalue weighted by Gasteiger charge is -2.42. The monoisotopic (exact) mass is 290 g/mol. The number of halogens is 6. The average Bonchev–Trinajstić information content (AvgIpc) is 2.85. The number of fused-ring (bicyclic) bond motifs is 2. The summed E-state index contributed by atoms with van der Waals surface area (Å²) < 4.78 is 76.7. The average molecular weight is 290 g/mol. The number of rotatable bonds is 2. The van der Waals surface area contributed by atoms with Crippen LogP contribution in [0.1, 0.15) is 32.6 Å². The maximum Gasteiger partial charge on any atom is 0.426 e. The van der Waals surface area contributed by atoms with Gasteiger partial charge in [0.15, 0.2) is 0 Å². The van der Waals surface area contributed by atoms with Crippen molar-refractivity contribution in [2.75, 3.05) is 0 Å². The fraction of sp³-hybridized carbons (Fsp3) is 1.00. The van der Waals surface area contributed by atoms with Crippen LogP contribution in [0.3, 0.4) is 0 Å². The molecule has 4 unspecified atom stereocenters. The van der Waals surface area contributed by atoms with Crippen molar-refractivity contribution in [3.05, 3.63) is 0 Å². The Morgan fingerprint density at radius 1 is 0.947 bits per heavy atom. The summed E-state index contributed by atoms with van der Waals surface area (Å²) in [5.41, 5.74) is -4.60. The molecule has 0 aromatic carbocycles.